The molecule has 1 atom stereocenters. The van der Waals surface area contributed by atoms with Crippen LogP contribution >= 0.6 is 11.3 Å². The maximum atomic E-state index is 13.9. The topological polar surface area (TPSA) is 117 Å². The second kappa shape index (κ2) is 11.4. The van der Waals surface area contributed by atoms with Gasteiger partial charge in [-0.15, -0.1) is 0 Å². The van der Waals surface area contributed by atoms with Crippen molar-refractivity contribution in [3.63, 3.8) is 0 Å². The van der Waals surface area contributed by atoms with Crippen molar-refractivity contribution < 1.29 is 18.9 Å². The molecule has 1 unspecified atom stereocenters. The Labute approximate surface area is 246 Å². The summed E-state index contributed by atoms with van der Waals surface area (Å²) < 4.78 is 13.3. The van der Waals surface area contributed by atoms with E-state index in [9.17, 15) is 19.7 Å². The standard InChI is InChI=1S/C32H31N3O6S/c1-7-40-31(37)28-20(6)33-32-34(29(28)22-10-8-21(9-11-22)17(2)3)30(36)27(42-32)16-24-12-13-26(41-24)23-14-18(4)19(5)25(15-23)35(38)39/h8-17,29H,7H2,1-6H3/b27-16-. The molecule has 9 nitrogen and oxygen atoms in total. The van der Waals surface area contributed by atoms with Crippen LogP contribution in [0.2, 0.25) is 0 Å². The van der Waals surface area contributed by atoms with Crippen LogP contribution in [0.3, 0.4) is 0 Å². The van der Waals surface area contributed by atoms with E-state index >= 15 is 0 Å². The molecule has 10 heteroatoms. The lowest BCUT2D eigenvalue weighted by molar-refractivity contribution is -0.385. The lowest BCUT2D eigenvalue weighted by Gasteiger charge is -2.25. The zero-order valence-corrected chi connectivity index (χ0v) is 25.1. The normalized spacial score (nSPS) is 15.1. The van der Waals surface area contributed by atoms with Gasteiger partial charge in [0, 0.05) is 23.3 Å². The SMILES string of the molecule is CCOC(=O)C1=C(C)N=c2s/c(=C\c3ccc(-c4cc(C)c(C)c([N+](=O)[O-])c4)o3)c(=O)n2C1c1ccc(C(C)C)cc1. The van der Waals surface area contributed by atoms with Gasteiger partial charge in [-0.1, -0.05) is 49.4 Å². The number of aromatic nitrogens is 1. The summed E-state index contributed by atoms with van der Waals surface area (Å²) >= 11 is 1.20. The van der Waals surface area contributed by atoms with Crippen LogP contribution in [-0.2, 0) is 9.53 Å². The predicted molar refractivity (Wildman–Crippen MR) is 161 cm³/mol. The smallest absolute Gasteiger partial charge is 0.338 e. The van der Waals surface area contributed by atoms with Gasteiger partial charge in [0.2, 0.25) is 0 Å². The molecule has 2 aromatic heterocycles. The molecule has 0 fully saturated rings. The molecule has 2 aromatic carbocycles. The Morgan fingerprint density at radius 3 is 2.52 bits per heavy atom. The van der Waals surface area contributed by atoms with Crippen LogP contribution in [0.5, 0.6) is 0 Å². The number of aryl methyl sites for hydroxylation is 1. The summed E-state index contributed by atoms with van der Waals surface area (Å²) in [5.74, 6) is 0.680. The van der Waals surface area contributed by atoms with Crippen LogP contribution in [0.25, 0.3) is 17.4 Å². The average molecular weight is 586 g/mol. The zero-order chi connectivity index (χ0) is 30.3. The maximum Gasteiger partial charge on any atom is 0.338 e. The summed E-state index contributed by atoms with van der Waals surface area (Å²) in [5, 5.41) is 11.5. The molecular formula is C32H31N3O6S. The number of allylic oxidation sites excluding steroid dienone is 1. The molecule has 0 spiro atoms. The summed E-state index contributed by atoms with van der Waals surface area (Å²) in [7, 11) is 0. The number of carbonyl (C=O) groups is 1. The van der Waals surface area contributed by atoms with Crippen LogP contribution in [0.15, 0.2) is 74.0 Å². The van der Waals surface area contributed by atoms with E-state index in [-0.39, 0.29) is 17.9 Å². The third-order valence-corrected chi connectivity index (χ3v) is 8.44. The number of ether oxygens (including phenoxy) is 1. The highest BCUT2D eigenvalue weighted by atomic mass is 32.1. The van der Waals surface area contributed by atoms with E-state index < -0.39 is 16.9 Å². The van der Waals surface area contributed by atoms with E-state index in [1.54, 1.807) is 39.0 Å². The minimum absolute atomic E-state index is 0.0189. The zero-order valence-electron chi connectivity index (χ0n) is 24.3. The molecule has 0 amide bonds. The van der Waals surface area contributed by atoms with Gasteiger partial charge in [0.15, 0.2) is 4.80 Å². The summed E-state index contributed by atoms with van der Waals surface area (Å²) in [6.45, 7) is 11.4. The van der Waals surface area contributed by atoms with E-state index in [1.165, 1.54) is 22.0 Å². The largest absolute Gasteiger partial charge is 0.463 e. The molecule has 216 valence electrons. The van der Waals surface area contributed by atoms with Gasteiger partial charge in [-0.25, -0.2) is 9.79 Å². The lowest BCUT2D eigenvalue weighted by atomic mass is 9.93. The predicted octanol–water partition coefficient (Wildman–Crippen LogP) is 5.71. The molecule has 0 saturated heterocycles. The van der Waals surface area contributed by atoms with Gasteiger partial charge in [-0.05, 0) is 68.5 Å². The number of furan rings is 1. The molecule has 3 heterocycles. The fraction of sp³-hybridized carbons (Fsp3) is 0.281. The average Bonchev–Trinajstić information content (AvgIpc) is 3.53. The van der Waals surface area contributed by atoms with E-state index in [4.69, 9.17) is 9.15 Å². The number of carbonyl (C=O) groups excluding carboxylic acids is 1. The number of benzene rings is 2. The van der Waals surface area contributed by atoms with Gasteiger partial charge in [0.25, 0.3) is 11.2 Å². The number of nitro groups is 1. The van der Waals surface area contributed by atoms with E-state index in [0.717, 1.165) is 16.7 Å². The molecule has 0 bridgehead atoms. The molecule has 5 rings (SSSR count). The van der Waals surface area contributed by atoms with Gasteiger partial charge < -0.3 is 9.15 Å². The van der Waals surface area contributed by atoms with Crippen molar-refractivity contribution in [3.05, 3.63) is 118 Å². The van der Waals surface area contributed by atoms with E-state index in [2.05, 4.69) is 18.8 Å². The van der Waals surface area contributed by atoms with Crippen molar-refractivity contribution in [3.8, 4) is 11.3 Å². The van der Waals surface area contributed by atoms with Crippen molar-refractivity contribution in [2.75, 3.05) is 6.61 Å². The van der Waals surface area contributed by atoms with Crippen molar-refractivity contribution in [2.24, 2.45) is 4.99 Å². The van der Waals surface area contributed by atoms with Gasteiger partial charge >= 0.3 is 5.97 Å². The number of nitro benzene ring substituents is 1. The molecule has 0 saturated carbocycles. The van der Waals surface area contributed by atoms with Crippen molar-refractivity contribution >= 4 is 29.1 Å². The first-order chi connectivity index (χ1) is 20.0. The fourth-order valence-corrected chi connectivity index (χ4v) is 6.08. The minimum atomic E-state index is -0.702. The maximum absolute atomic E-state index is 13.9. The van der Waals surface area contributed by atoms with Crippen molar-refractivity contribution in [2.45, 2.75) is 53.5 Å². The first-order valence-corrected chi connectivity index (χ1v) is 14.5. The highest BCUT2D eigenvalue weighted by molar-refractivity contribution is 7.07. The molecule has 1 aliphatic rings. The molecule has 0 radical (unpaired) electrons. The third-order valence-electron chi connectivity index (χ3n) is 7.46. The Morgan fingerprint density at radius 1 is 1.17 bits per heavy atom. The quantitative estimate of drug-likeness (QED) is 0.156. The number of fused-ring (bicyclic) bond motifs is 1. The van der Waals surface area contributed by atoms with Crippen LogP contribution in [0.4, 0.5) is 5.69 Å². The summed E-state index contributed by atoms with van der Waals surface area (Å²) in [5.41, 5.74) is 4.40. The van der Waals surface area contributed by atoms with E-state index in [0.29, 0.717) is 49.2 Å². The molecule has 0 N–H and O–H groups in total. The summed E-state index contributed by atoms with van der Waals surface area (Å²) in [6, 6.07) is 14.0. The number of nitrogens with zero attached hydrogens (tertiary/aromatic N) is 3. The number of thiazole rings is 1. The molecule has 0 aliphatic carbocycles. The van der Waals surface area contributed by atoms with Gasteiger partial charge in [-0.3, -0.25) is 19.5 Å². The first kappa shape index (κ1) is 28.9. The van der Waals surface area contributed by atoms with Gasteiger partial charge in [-0.2, -0.15) is 0 Å². The summed E-state index contributed by atoms with van der Waals surface area (Å²) in [4.78, 5) is 43.2. The Hall–Kier alpha value is -4.57. The molecule has 4 aromatic rings. The minimum Gasteiger partial charge on any atom is -0.463 e. The number of hydrogen-bond donors (Lipinski definition) is 0. The van der Waals surface area contributed by atoms with Crippen LogP contribution in [-0.4, -0.2) is 22.1 Å². The highest BCUT2D eigenvalue weighted by Crippen LogP contribution is 2.33. The Balaban J connectivity index is 1.62. The van der Waals surface area contributed by atoms with Gasteiger partial charge in [0.1, 0.15) is 11.5 Å². The van der Waals surface area contributed by atoms with Gasteiger partial charge in [0.05, 0.1) is 33.4 Å². The fourth-order valence-electron chi connectivity index (χ4n) is 5.06. The monoisotopic (exact) mass is 585 g/mol. The van der Waals surface area contributed by atoms with Crippen LogP contribution in [0, 0.1) is 24.0 Å². The Kier molecular flexibility index (Phi) is 7.83. The number of rotatable bonds is 7. The number of hydrogen-bond acceptors (Lipinski definition) is 8. The Bertz CT molecular complexity index is 1930. The molecule has 42 heavy (non-hydrogen) atoms. The van der Waals surface area contributed by atoms with Crippen LogP contribution in [0.1, 0.15) is 67.7 Å². The van der Waals surface area contributed by atoms with Crippen molar-refractivity contribution in [1.82, 2.24) is 4.57 Å². The second-order valence-corrected chi connectivity index (χ2v) is 11.5. The highest BCUT2D eigenvalue weighted by Gasteiger charge is 2.33. The lowest BCUT2D eigenvalue weighted by Crippen LogP contribution is -2.39. The van der Waals surface area contributed by atoms with Crippen LogP contribution < -0.4 is 14.9 Å². The first-order valence-electron chi connectivity index (χ1n) is 13.7. The second-order valence-electron chi connectivity index (χ2n) is 10.5. The molecule has 1 aliphatic heterocycles. The van der Waals surface area contributed by atoms with E-state index in [1.807, 2.05) is 37.3 Å². The molecular weight excluding hydrogens is 554 g/mol. The third kappa shape index (κ3) is 5.25. The number of esters is 1. The summed E-state index contributed by atoms with van der Waals surface area (Å²) in [6.07, 6.45) is 1.63. The van der Waals surface area contributed by atoms with Crippen molar-refractivity contribution in [1.29, 1.82) is 0 Å². The Morgan fingerprint density at radius 2 is 1.88 bits per heavy atom.